The lowest BCUT2D eigenvalue weighted by atomic mass is 9.89. The Morgan fingerprint density at radius 2 is 1.06 bits per heavy atom. The molecule has 0 amide bonds. The summed E-state index contributed by atoms with van der Waals surface area (Å²) in [6.45, 7) is 0. The molecule has 1 nitrogen and oxygen atoms in total. The normalized spacial score (nSPS) is 12.2. The van der Waals surface area contributed by atoms with Crippen molar-refractivity contribution in [3.63, 3.8) is 0 Å². The molecule has 0 aliphatic carbocycles. The Morgan fingerprint density at radius 3 is 1.91 bits per heavy atom. The van der Waals surface area contributed by atoms with Crippen molar-refractivity contribution in [2.24, 2.45) is 0 Å². The van der Waals surface area contributed by atoms with Crippen molar-refractivity contribution in [3.8, 4) is 33.8 Å². The number of hydrogen-bond acceptors (Lipinski definition) is 1. The zero-order chi connectivity index (χ0) is 22.9. The first-order chi connectivity index (χ1) is 17.3. The summed E-state index contributed by atoms with van der Waals surface area (Å²) in [5.41, 5.74) is 4.83. The van der Waals surface area contributed by atoms with Gasteiger partial charge < -0.3 is 4.74 Å². The standard InChI is InChI=1S/C34H20O/c1-2-7-24-19-29-25(18-23(24)6-1)15-14-22-9-3-11-27(33(22)29)26-16-17-31-30(20-26)28-12-4-8-21-10-5-13-32(35-31)34(21)28/h1-20H. The van der Waals surface area contributed by atoms with Crippen LogP contribution in [0, 0.1) is 0 Å². The van der Waals surface area contributed by atoms with E-state index in [0.29, 0.717) is 0 Å². The minimum Gasteiger partial charge on any atom is -0.456 e. The summed E-state index contributed by atoms with van der Waals surface area (Å²) in [6, 6.07) is 43.8. The molecule has 0 spiro atoms. The van der Waals surface area contributed by atoms with Gasteiger partial charge in [0.25, 0.3) is 0 Å². The summed E-state index contributed by atoms with van der Waals surface area (Å²) in [4.78, 5) is 0. The van der Waals surface area contributed by atoms with Crippen LogP contribution < -0.4 is 4.74 Å². The molecule has 0 unspecified atom stereocenters. The van der Waals surface area contributed by atoms with Crippen molar-refractivity contribution in [3.05, 3.63) is 121 Å². The largest absolute Gasteiger partial charge is 0.456 e. The third-order valence-electron chi connectivity index (χ3n) is 7.39. The highest BCUT2D eigenvalue weighted by molar-refractivity contribution is 6.17. The van der Waals surface area contributed by atoms with Crippen LogP contribution in [-0.2, 0) is 0 Å². The number of hydrogen-bond donors (Lipinski definition) is 0. The van der Waals surface area contributed by atoms with Crippen LogP contribution in [0.2, 0.25) is 0 Å². The Morgan fingerprint density at radius 1 is 0.371 bits per heavy atom. The first-order valence-corrected chi connectivity index (χ1v) is 12.0. The first kappa shape index (κ1) is 18.8. The maximum Gasteiger partial charge on any atom is 0.135 e. The van der Waals surface area contributed by atoms with Gasteiger partial charge in [-0.3, -0.25) is 0 Å². The molecule has 0 saturated heterocycles. The molecule has 0 bridgehead atoms. The molecular weight excluding hydrogens is 424 g/mol. The molecule has 0 N–H and O–H groups in total. The number of fused-ring (bicyclic) bond motifs is 6. The van der Waals surface area contributed by atoms with Crippen molar-refractivity contribution in [1.82, 2.24) is 0 Å². The summed E-state index contributed by atoms with van der Waals surface area (Å²) < 4.78 is 6.35. The van der Waals surface area contributed by atoms with Crippen molar-refractivity contribution in [1.29, 1.82) is 0 Å². The fraction of sp³-hybridized carbons (Fsp3) is 0. The third kappa shape index (κ3) is 2.70. The van der Waals surface area contributed by atoms with Gasteiger partial charge in [0, 0.05) is 10.9 Å². The zero-order valence-electron chi connectivity index (χ0n) is 19.0. The van der Waals surface area contributed by atoms with E-state index in [2.05, 4.69) is 121 Å². The van der Waals surface area contributed by atoms with Gasteiger partial charge in [-0.25, -0.2) is 0 Å². The average Bonchev–Trinajstić information content (AvgIpc) is 2.92. The summed E-state index contributed by atoms with van der Waals surface area (Å²) in [7, 11) is 0. The zero-order valence-corrected chi connectivity index (χ0v) is 19.0. The molecule has 1 heteroatoms. The Labute approximate surface area is 202 Å². The van der Waals surface area contributed by atoms with E-state index in [9.17, 15) is 0 Å². The van der Waals surface area contributed by atoms with E-state index in [0.717, 1.165) is 17.1 Å². The Bertz CT molecular complexity index is 1970. The predicted octanol–water partition coefficient (Wildman–Crippen LogP) is 9.74. The van der Waals surface area contributed by atoms with Crippen molar-refractivity contribution in [2.75, 3.05) is 0 Å². The topological polar surface area (TPSA) is 9.23 Å². The molecule has 1 aliphatic rings. The molecule has 8 rings (SSSR count). The predicted molar refractivity (Wildman–Crippen MR) is 147 cm³/mol. The molecule has 7 aromatic rings. The molecule has 0 aromatic heterocycles. The van der Waals surface area contributed by atoms with Gasteiger partial charge in [0.05, 0.1) is 0 Å². The summed E-state index contributed by atoms with van der Waals surface area (Å²) >= 11 is 0. The van der Waals surface area contributed by atoms with Crippen LogP contribution >= 0.6 is 0 Å². The van der Waals surface area contributed by atoms with Crippen LogP contribution in [0.25, 0.3) is 65.3 Å². The van der Waals surface area contributed by atoms with Crippen LogP contribution in [0.15, 0.2) is 121 Å². The van der Waals surface area contributed by atoms with Gasteiger partial charge in [-0.15, -0.1) is 0 Å². The highest BCUT2D eigenvalue weighted by Gasteiger charge is 2.20. The van der Waals surface area contributed by atoms with Gasteiger partial charge >= 0.3 is 0 Å². The summed E-state index contributed by atoms with van der Waals surface area (Å²) in [5.74, 6) is 1.84. The maximum atomic E-state index is 6.35. The second-order valence-corrected chi connectivity index (χ2v) is 9.36. The smallest absolute Gasteiger partial charge is 0.135 e. The number of rotatable bonds is 1. The average molecular weight is 445 g/mol. The molecule has 162 valence electrons. The molecule has 0 radical (unpaired) electrons. The van der Waals surface area contributed by atoms with E-state index in [1.165, 1.54) is 59.8 Å². The lowest BCUT2D eigenvalue weighted by Gasteiger charge is -2.22. The lowest BCUT2D eigenvalue weighted by molar-refractivity contribution is 0.487. The molecule has 0 fully saturated rings. The molecule has 35 heavy (non-hydrogen) atoms. The molecule has 1 aliphatic heterocycles. The summed E-state index contributed by atoms with van der Waals surface area (Å²) in [6.07, 6.45) is 0. The van der Waals surface area contributed by atoms with Crippen molar-refractivity contribution >= 4 is 43.1 Å². The van der Waals surface area contributed by atoms with Gasteiger partial charge in [-0.2, -0.15) is 0 Å². The van der Waals surface area contributed by atoms with Crippen LogP contribution in [0.5, 0.6) is 11.5 Å². The van der Waals surface area contributed by atoms with Crippen LogP contribution in [-0.4, -0.2) is 0 Å². The summed E-state index contributed by atoms with van der Waals surface area (Å²) in [5, 5.41) is 10.0. The van der Waals surface area contributed by atoms with Crippen molar-refractivity contribution < 1.29 is 4.74 Å². The van der Waals surface area contributed by atoms with Crippen LogP contribution in [0.4, 0.5) is 0 Å². The van der Waals surface area contributed by atoms with Gasteiger partial charge in [0.1, 0.15) is 11.5 Å². The Balaban J connectivity index is 1.42. The van der Waals surface area contributed by atoms with Gasteiger partial charge in [0.2, 0.25) is 0 Å². The first-order valence-electron chi connectivity index (χ1n) is 12.0. The van der Waals surface area contributed by atoms with E-state index in [1.54, 1.807) is 0 Å². The molecule has 1 heterocycles. The van der Waals surface area contributed by atoms with E-state index in [1.807, 2.05) is 0 Å². The molecule has 0 atom stereocenters. The van der Waals surface area contributed by atoms with Gasteiger partial charge in [-0.1, -0.05) is 91.0 Å². The molecular formula is C34H20O. The molecule has 7 aromatic carbocycles. The monoisotopic (exact) mass is 444 g/mol. The molecule has 0 saturated carbocycles. The van der Waals surface area contributed by atoms with Crippen molar-refractivity contribution in [2.45, 2.75) is 0 Å². The lowest BCUT2D eigenvalue weighted by Crippen LogP contribution is -1.97. The van der Waals surface area contributed by atoms with E-state index in [-0.39, 0.29) is 0 Å². The van der Waals surface area contributed by atoms with E-state index < -0.39 is 0 Å². The number of benzene rings is 7. The maximum absolute atomic E-state index is 6.35. The second kappa shape index (κ2) is 6.94. The fourth-order valence-corrected chi connectivity index (χ4v) is 5.77. The SMILES string of the molecule is c1ccc2cc3c(ccc4cccc(-c5ccc6c(c5)-c5cccc7cccc(c57)O6)c43)cc2c1. The third-order valence-corrected chi connectivity index (χ3v) is 7.39. The quantitative estimate of drug-likeness (QED) is 0.181. The Hall–Kier alpha value is -4.62. The minimum atomic E-state index is 0.913. The Kier molecular flexibility index (Phi) is 3.72. The highest BCUT2D eigenvalue weighted by Crippen LogP contribution is 2.48. The van der Waals surface area contributed by atoms with Gasteiger partial charge in [-0.05, 0) is 84.7 Å². The minimum absolute atomic E-state index is 0.913. The highest BCUT2D eigenvalue weighted by atomic mass is 16.5. The van der Waals surface area contributed by atoms with Crippen LogP contribution in [0.1, 0.15) is 0 Å². The second-order valence-electron chi connectivity index (χ2n) is 9.36. The van der Waals surface area contributed by atoms with E-state index >= 15 is 0 Å². The van der Waals surface area contributed by atoms with E-state index in [4.69, 9.17) is 4.74 Å². The van der Waals surface area contributed by atoms with Crippen LogP contribution in [0.3, 0.4) is 0 Å². The fourth-order valence-electron chi connectivity index (χ4n) is 5.77. The van der Waals surface area contributed by atoms with Gasteiger partial charge in [0.15, 0.2) is 0 Å². The number of ether oxygens (including phenoxy) is 1.